The van der Waals surface area contributed by atoms with E-state index in [2.05, 4.69) is 22.0 Å². The van der Waals surface area contributed by atoms with Crippen LogP contribution in [0.2, 0.25) is 0 Å². The van der Waals surface area contributed by atoms with Crippen LogP contribution < -0.4 is 0 Å². The maximum absolute atomic E-state index is 11.7. The number of rotatable bonds is 6. The molecular formula is C20H24N6O2S2. The fourth-order valence-electron chi connectivity index (χ4n) is 3.54. The first kappa shape index (κ1) is 20.9. The van der Waals surface area contributed by atoms with E-state index >= 15 is 0 Å². The van der Waals surface area contributed by atoms with Gasteiger partial charge in [-0.25, -0.2) is 13.1 Å². The third-order valence-electron chi connectivity index (χ3n) is 5.16. The van der Waals surface area contributed by atoms with Crippen LogP contribution in [0.15, 0.2) is 54.9 Å². The van der Waals surface area contributed by atoms with Crippen LogP contribution in [0.3, 0.4) is 0 Å². The Morgan fingerprint density at radius 1 is 1.03 bits per heavy atom. The Balaban J connectivity index is 1.61. The molecule has 1 fully saturated rings. The number of hydrogen-bond donors (Lipinski definition) is 0. The van der Waals surface area contributed by atoms with E-state index in [1.807, 2.05) is 39.6 Å². The topological polar surface area (TPSA) is 76.3 Å². The van der Waals surface area contributed by atoms with Gasteiger partial charge in [0.15, 0.2) is 10.6 Å². The standard InChI is InChI=1S/C20H24N6O2S2/c1-30(27,28)24-12-10-23(11-13-24)16-26-20(29)25(15-17-6-3-2-4-7-17)19(22-26)18-8-5-9-21-14-18/h2-9,14H,10-13,15-16H2,1H3. The molecule has 10 heteroatoms. The molecule has 3 aromatic rings. The summed E-state index contributed by atoms with van der Waals surface area (Å²) < 4.78 is 29.5. The zero-order valence-corrected chi connectivity index (χ0v) is 18.4. The average Bonchev–Trinajstić information content (AvgIpc) is 3.05. The van der Waals surface area contributed by atoms with Gasteiger partial charge in [-0.05, 0) is 29.9 Å². The van der Waals surface area contributed by atoms with Crippen LogP contribution in [0, 0.1) is 4.77 Å². The van der Waals surface area contributed by atoms with Gasteiger partial charge < -0.3 is 0 Å². The lowest BCUT2D eigenvalue weighted by Gasteiger charge is -2.32. The van der Waals surface area contributed by atoms with Crippen LogP contribution in [0.4, 0.5) is 0 Å². The summed E-state index contributed by atoms with van der Waals surface area (Å²) in [4.78, 5) is 6.40. The van der Waals surface area contributed by atoms with Crippen LogP contribution in [0.25, 0.3) is 11.4 Å². The smallest absolute Gasteiger partial charge is 0.211 e. The van der Waals surface area contributed by atoms with Crippen molar-refractivity contribution in [3.63, 3.8) is 0 Å². The fraction of sp³-hybridized carbons (Fsp3) is 0.350. The van der Waals surface area contributed by atoms with Crippen molar-refractivity contribution in [3.8, 4) is 11.4 Å². The summed E-state index contributed by atoms with van der Waals surface area (Å²) >= 11 is 5.77. The van der Waals surface area contributed by atoms with Gasteiger partial charge in [-0.2, -0.15) is 9.40 Å². The molecule has 1 aliphatic rings. The quantitative estimate of drug-likeness (QED) is 0.542. The SMILES string of the molecule is CS(=O)(=O)N1CCN(Cn2nc(-c3cccnc3)n(Cc3ccccc3)c2=S)CC1. The van der Waals surface area contributed by atoms with Gasteiger partial charge in [0, 0.05) is 44.1 Å². The lowest BCUT2D eigenvalue weighted by molar-refractivity contribution is 0.145. The highest BCUT2D eigenvalue weighted by Crippen LogP contribution is 2.19. The van der Waals surface area contributed by atoms with Gasteiger partial charge in [0.25, 0.3) is 0 Å². The molecule has 0 atom stereocenters. The summed E-state index contributed by atoms with van der Waals surface area (Å²) in [6, 6.07) is 14.0. The van der Waals surface area contributed by atoms with Gasteiger partial charge in [-0.3, -0.25) is 14.5 Å². The minimum absolute atomic E-state index is 0.479. The number of pyridine rings is 1. The van der Waals surface area contributed by atoms with Gasteiger partial charge in [-0.15, -0.1) is 0 Å². The van der Waals surface area contributed by atoms with Crippen molar-refractivity contribution in [2.45, 2.75) is 13.2 Å². The second-order valence-corrected chi connectivity index (χ2v) is 9.69. The predicted octanol–water partition coefficient (Wildman–Crippen LogP) is 2.06. The minimum atomic E-state index is -3.15. The van der Waals surface area contributed by atoms with E-state index in [0.717, 1.165) is 17.0 Å². The molecule has 2 aromatic heterocycles. The normalized spacial score (nSPS) is 16.0. The van der Waals surface area contributed by atoms with Crippen LogP contribution >= 0.6 is 12.2 Å². The zero-order valence-electron chi connectivity index (χ0n) is 16.8. The van der Waals surface area contributed by atoms with E-state index in [-0.39, 0.29) is 0 Å². The number of nitrogens with zero attached hydrogens (tertiary/aromatic N) is 6. The molecule has 1 saturated heterocycles. The highest BCUT2D eigenvalue weighted by atomic mass is 32.2. The fourth-order valence-corrected chi connectivity index (χ4v) is 4.62. The third kappa shape index (κ3) is 4.67. The second kappa shape index (κ2) is 8.76. The van der Waals surface area contributed by atoms with E-state index in [1.54, 1.807) is 12.4 Å². The molecule has 0 bridgehead atoms. The molecule has 8 nitrogen and oxygen atoms in total. The molecule has 1 aliphatic heterocycles. The Morgan fingerprint density at radius 3 is 2.40 bits per heavy atom. The summed E-state index contributed by atoms with van der Waals surface area (Å²) in [6.07, 6.45) is 4.77. The van der Waals surface area contributed by atoms with Crippen LogP contribution in [-0.4, -0.2) is 69.4 Å². The number of sulfonamides is 1. The molecule has 1 aromatic carbocycles. The summed E-state index contributed by atoms with van der Waals surface area (Å²) in [5.41, 5.74) is 2.04. The van der Waals surface area contributed by atoms with Crippen molar-refractivity contribution in [3.05, 3.63) is 65.2 Å². The molecule has 0 N–H and O–H groups in total. The van der Waals surface area contributed by atoms with Crippen molar-refractivity contribution in [2.24, 2.45) is 0 Å². The first-order valence-electron chi connectivity index (χ1n) is 9.71. The molecule has 0 unspecified atom stereocenters. The Morgan fingerprint density at radius 2 is 1.77 bits per heavy atom. The van der Waals surface area contributed by atoms with Gasteiger partial charge in [0.05, 0.1) is 19.5 Å². The van der Waals surface area contributed by atoms with Crippen molar-refractivity contribution in [2.75, 3.05) is 32.4 Å². The summed E-state index contributed by atoms with van der Waals surface area (Å²) in [5.74, 6) is 0.770. The number of piperazine rings is 1. The molecule has 0 aliphatic carbocycles. The molecule has 0 spiro atoms. The van der Waals surface area contributed by atoms with Gasteiger partial charge in [0.2, 0.25) is 10.0 Å². The van der Waals surface area contributed by atoms with Crippen LogP contribution in [-0.2, 0) is 23.2 Å². The van der Waals surface area contributed by atoms with Crippen LogP contribution in [0.1, 0.15) is 5.56 Å². The monoisotopic (exact) mass is 444 g/mol. The molecule has 4 rings (SSSR count). The molecule has 158 valence electrons. The predicted molar refractivity (Wildman–Crippen MR) is 118 cm³/mol. The largest absolute Gasteiger partial charge is 0.295 e. The number of benzene rings is 1. The van der Waals surface area contributed by atoms with Gasteiger partial charge >= 0.3 is 0 Å². The van der Waals surface area contributed by atoms with Crippen LogP contribution in [0.5, 0.6) is 0 Å². The Hall–Kier alpha value is -2.40. The lowest BCUT2D eigenvalue weighted by Crippen LogP contribution is -2.48. The maximum Gasteiger partial charge on any atom is 0.211 e. The Kier molecular flexibility index (Phi) is 6.09. The van der Waals surface area contributed by atoms with Gasteiger partial charge in [-0.1, -0.05) is 30.3 Å². The molecule has 0 saturated carbocycles. The van der Waals surface area contributed by atoms with Crippen molar-refractivity contribution in [1.29, 1.82) is 0 Å². The van der Waals surface area contributed by atoms with E-state index in [1.165, 1.54) is 10.6 Å². The van der Waals surface area contributed by atoms with E-state index < -0.39 is 10.0 Å². The van der Waals surface area contributed by atoms with Crippen molar-refractivity contribution >= 4 is 22.2 Å². The van der Waals surface area contributed by atoms with E-state index in [4.69, 9.17) is 17.3 Å². The summed E-state index contributed by atoms with van der Waals surface area (Å²) in [7, 11) is -3.15. The summed E-state index contributed by atoms with van der Waals surface area (Å²) in [5, 5.41) is 4.80. The highest BCUT2D eigenvalue weighted by molar-refractivity contribution is 7.88. The molecule has 3 heterocycles. The minimum Gasteiger partial charge on any atom is -0.295 e. The zero-order chi connectivity index (χ0) is 21.1. The second-order valence-electron chi connectivity index (χ2n) is 7.34. The average molecular weight is 445 g/mol. The number of aromatic nitrogens is 4. The summed E-state index contributed by atoms with van der Waals surface area (Å²) in [6.45, 7) is 3.38. The first-order valence-corrected chi connectivity index (χ1v) is 12.0. The molecule has 30 heavy (non-hydrogen) atoms. The molecular weight excluding hydrogens is 420 g/mol. The maximum atomic E-state index is 11.7. The van der Waals surface area contributed by atoms with E-state index in [9.17, 15) is 8.42 Å². The Bertz CT molecular complexity index is 1150. The Labute approximate surface area is 181 Å². The number of hydrogen-bond acceptors (Lipinski definition) is 6. The first-order chi connectivity index (χ1) is 14.4. The van der Waals surface area contributed by atoms with Crippen molar-refractivity contribution < 1.29 is 8.42 Å². The lowest BCUT2D eigenvalue weighted by atomic mass is 10.2. The molecule has 0 radical (unpaired) electrons. The van der Waals surface area contributed by atoms with Gasteiger partial charge in [0.1, 0.15) is 0 Å². The molecule has 0 amide bonds. The third-order valence-corrected chi connectivity index (χ3v) is 6.89. The highest BCUT2D eigenvalue weighted by Gasteiger charge is 2.24. The van der Waals surface area contributed by atoms with Crippen molar-refractivity contribution in [1.82, 2.24) is 28.5 Å². The van der Waals surface area contributed by atoms with E-state index in [0.29, 0.717) is 44.2 Å².